The number of nitro groups is 1. The fourth-order valence-corrected chi connectivity index (χ4v) is 3.88. The van der Waals surface area contributed by atoms with Crippen LogP contribution in [0.2, 0.25) is 0 Å². The zero-order valence-corrected chi connectivity index (χ0v) is 19.6. The van der Waals surface area contributed by atoms with Crippen molar-refractivity contribution in [2.45, 2.75) is 39.7 Å². The highest BCUT2D eigenvalue weighted by Gasteiger charge is 2.09. The van der Waals surface area contributed by atoms with E-state index >= 15 is 0 Å². The van der Waals surface area contributed by atoms with E-state index in [1.807, 2.05) is 24.5 Å². The Morgan fingerprint density at radius 1 is 1.39 bits per heavy atom. The summed E-state index contributed by atoms with van der Waals surface area (Å²) in [5, 5.41) is 19.0. The Kier molecular flexibility index (Phi) is 8.82. The molecule has 0 aliphatic carbocycles. The number of H-pyrrole nitrogens is 1. The summed E-state index contributed by atoms with van der Waals surface area (Å²) in [5.74, 6) is 2.89. The van der Waals surface area contributed by atoms with Gasteiger partial charge in [-0.25, -0.2) is 15.0 Å². The van der Waals surface area contributed by atoms with Gasteiger partial charge in [0.2, 0.25) is 5.82 Å². The molecule has 3 rings (SSSR count). The summed E-state index contributed by atoms with van der Waals surface area (Å²) >= 11 is 1.39. The van der Waals surface area contributed by atoms with Crippen LogP contribution in [-0.2, 0) is 13.0 Å². The smallest absolute Gasteiger partial charge is 0.340 e. The molecule has 2 aromatic heterocycles. The van der Waals surface area contributed by atoms with Gasteiger partial charge in [0.15, 0.2) is 0 Å². The van der Waals surface area contributed by atoms with Crippen LogP contribution in [0.1, 0.15) is 42.5 Å². The minimum absolute atomic E-state index is 0.170. The maximum absolute atomic E-state index is 10.7. The van der Waals surface area contributed by atoms with Gasteiger partial charge in [-0.05, 0) is 48.0 Å². The Hall–Kier alpha value is -3.40. The van der Waals surface area contributed by atoms with Crippen LogP contribution in [0.4, 0.5) is 5.82 Å². The molecule has 0 aliphatic heterocycles. The molecule has 174 valence electrons. The van der Waals surface area contributed by atoms with E-state index in [2.05, 4.69) is 39.4 Å². The molecule has 0 aliphatic rings. The van der Waals surface area contributed by atoms with E-state index in [1.54, 1.807) is 12.2 Å². The van der Waals surface area contributed by atoms with Crippen molar-refractivity contribution in [2.24, 2.45) is 0 Å². The first-order chi connectivity index (χ1) is 16.0. The number of aromatic nitrogens is 4. The lowest BCUT2D eigenvalue weighted by atomic mass is 10.1. The second-order valence-electron chi connectivity index (χ2n) is 7.42. The molecular weight excluding hydrogens is 440 g/mol. The number of rotatable bonds is 12. The van der Waals surface area contributed by atoms with Gasteiger partial charge in [0.25, 0.3) is 0 Å². The van der Waals surface area contributed by atoms with E-state index in [-0.39, 0.29) is 5.82 Å². The summed E-state index contributed by atoms with van der Waals surface area (Å²) in [7, 11) is 0. The fraction of sp³-hybridized carbons (Fsp3) is 0.348. The molecule has 0 saturated heterocycles. The number of hydrogen-bond donors (Lipinski definition) is 2. The van der Waals surface area contributed by atoms with Crippen molar-refractivity contribution in [3.8, 4) is 5.75 Å². The van der Waals surface area contributed by atoms with Crippen LogP contribution in [0.3, 0.4) is 0 Å². The predicted octanol–water partition coefficient (Wildman–Crippen LogP) is 5.02. The van der Waals surface area contributed by atoms with Gasteiger partial charge in [-0.2, -0.15) is 0 Å². The number of ether oxygens (including phenoxy) is 1. The number of aryl methyl sites for hydroxylation is 1. The van der Waals surface area contributed by atoms with Crippen LogP contribution in [0.5, 0.6) is 5.75 Å². The Morgan fingerprint density at radius 2 is 2.24 bits per heavy atom. The monoisotopic (exact) mass is 468 g/mol. The molecule has 10 heteroatoms. The van der Waals surface area contributed by atoms with Gasteiger partial charge in [0.1, 0.15) is 17.8 Å². The minimum Gasteiger partial charge on any atom is -0.493 e. The zero-order valence-electron chi connectivity index (χ0n) is 18.8. The highest BCUT2D eigenvalue weighted by atomic mass is 32.2. The second-order valence-corrected chi connectivity index (χ2v) is 8.56. The number of hydrogen-bond acceptors (Lipinski definition) is 7. The molecule has 9 nitrogen and oxygen atoms in total. The topological polar surface area (TPSA) is 123 Å². The normalized spacial score (nSPS) is 11.2. The number of imidazole rings is 2. The van der Waals surface area contributed by atoms with Gasteiger partial charge in [0.05, 0.1) is 11.7 Å². The average Bonchev–Trinajstić information content (AvgIpc) is 3.44. The molecule has 3 aromatic rings. The van der Waals surface area contributed by atoms with Crippen molar-refractivity contribution >= 4 is 28.7 Å². The molecule has 0 unspecified atom stereocenters. The summed E-state index contributed by atoms with van der Waals surface area (Å²) in [5.41, 5.74) is 2.34. The van der Waals surface area contributed by atoms with Gasteiger partial charge in [-0.15, -0.1) is 11.8 Å². The van der Waals surface area contributed by atoms with E-state index in [0.29, 0.717) is 17.5 Å². The molecule has 2 N–H and O–H groups in total. The average molecular weight is 469 g/mol. The number of benzene rings is 1. The lowest BCUT2D eigenvalue weighted by Gasteiger charge is -2.14. The highest BCUT2D eigenvalue weighted by Crippen LogP contribution is 2.23. The van der Waals surface area contributed by atoms with Crippen LogP contribution in [-0.4, -0.2) is 41.8 Å². The van der Waals surface area contributed by atoms with Gasteiger partial charge >= 0.3 is 5.82 Å². The largest absolute Gasteiger partial charge is 0.493 e. The van der Waals surface area contributed by atoms with Crippen molar-refractivity contribution in [1.29, 1.82) is 5.41 Å². The number of aromatic amines is 1. The zero-order chi connectivity index (χ0) is 23.6. The molecule has 0 saturated carbocycles. The van der Waals surface area contributed by atoms with Crippen molar-refractivity contribution in [3.63, 3.8) is 0 Å². The van der Waals surface area contributed by atoms with Crippen LogP contribution in [0.25, 0.3) is 6.08 Å². The Morgan fingerprint density at radius 3 is 3.00 bits per heavy atom. The predicted molar refractivity (Wildman–Crippen MR) is 131 cm³/mol. The summed E-state index contributed by atoms with van der Waals surface area (Å²) in [6.07, 6.45) is 11.0. The number of nitrogens with zero attached hydrogens (tertiary/aromatic N) is 4. The van der Waals surface area contributed by atoms with Crippen LogP contribution in [0.15, 0.2) is 42.9 Å². The van der Waals surface area contributed by atoms with Crippen molar-refractivity contribution < 1.29 is 9.66 Å². The third-order valence-corrected chi connectivity index (χ3v) is 5.93. The first-order valence-corrected chi connectivity index (χ1v) is 11.8. The molecule has 0 bridgehead atoms. The van der Waals surface area contributed by atoms with Gasteiger partial charge in [-0.3, -0.25) is 5.41 Å². The van der Waals surface area contributed by atoms with Crippen LogP contribution in [0, 0.1) is 22.4 Å². The summed E-state index contributed by atoms with van der Waals surface area (Å²) in [6.45, 7) is 5.57. The van der Waals surface area contributed by atoms with Crippen molar-refractivity contribution in [1.82, 2.24) is 19.5 Å². The molecule has 0 fully saturated rings. The van der Waals surface area contributed by atoms with Gasteiger partial charge < -0.3 is 19.4 Å². The highest BCUT2D eigenvalue weighted by molar-refractivity contribution is 8.14. The first kappa shape index (κ1) is 24.2. The molecule has 0 radical (unpaired) electrons. The molecule has 0 amide bonds. The lowest BCUT2D eigenvalue weighted by molar-refractivity contribution is -0.389. The molecule has 33 heavy (non-hydrogen) atoms. The molecule has 2 heterocycles. The van der Waals surface area contributed by atoms with E-state index in [1.165, 1.54) is 17.3 Å². The van der Waals surface area contributed by atoms with E-state index < -0.39 is 4.92 Å². The van der Waals surface area contributed by atoms with Gasteiger partial charge in [-0.1, -0.05) is 19.1 Å². The van der Waals surface area contributed by atoms with E-state index in [4.69, 9.17) is 10.1 Å². The summed E-state index contributed by atoms with van der Waals surface area (Å²) in [4.78, 5) is 21.0. The Bertz CT molecular complexity index is 1120. The molecule has 0 spiro atoms. The maximum Gasteiger partial charge on any atom is 0.340 e. The quantitative estimate of drug-likeness (QED) is 0.127. The number of thioether (sulfide) groups is 1. The SMILES string of the molecule is CCCc1nccn1Cc1cccc(OCCCSC(=N)/C=C\c2ncc([N+](=O)[O-])[nH]2)c1C. The summed E-state index contributed by atoms with van der Waals surface area (Å²) in [6, 6.07) is 6.12. The second kappa shape index (κ2) is 12.0. The van der Waals surface area contributed by atoms with E-state index in [0.717, 1.165) is 54.9 Å². The van der Waals surface area contributed by atoms with Crippen LogP contribution >= 0.6 is 11.8 Å². The van der Waals surface area contributed by atoms with Crippen molar-refractivity contribution in [3.05, 3.63) is 75.8 Å². The van der Waals surface area contributed by atoms with Crippen molar-refractivity contribution in [2.75, 3.05) is 12.4 Å². The third-order valence-electron chi connectivity index (χ3n) is 4.99. The lowest BCUT2D eigenvalue weighted by Crippen LogP contribution is -2.07. The standard InChI is InChI=1S/C23H28N6O3S/c1-3-6-22-25-11-12-28(22)16-18-7-4-8-19(17(18)2)32-13-5-14-33-20(24)9-10-21-26-15-23(27-21)29(30)31/h4,7-12,15,24H,3,5-6,13-14,16H2,1-2H3,(H,26,27)/b10-9-,24-20?. The van der Waals surface area contributed by atoms with Gasteiger partial charge in [0, 0.05) is 37.2 Å². The minimum atomic E-state index is -0.538. The number of nitrogens with one attached hydrogen (secondary N) is 2. The van der Waals surface area contributed by atoms with E-state index in [9.17, 15) is 10.1 Å². The third kappa shape index (κ3) is 7.04. The van der Waals surface area contributed by atoms with Crippen LogP contribution < -0.4 is 4.74 Å². The first-order valence-electron chi connectivity index (χ1n) is 10.8. The molecule has 1 aromatic carbocycles. The molecule has 0 atom stereocenters. The molecular formula is C23H28N6O3S. The summed E-state index contributed by atoms with van der Waals surface area (Å²) < 4.78 is 8.19. The maximum atomic E-state index is 10.7. The Labute approximate surface area is 197 Å². The fourth-order valence-electron chi connectivity index (χ4n) is 3.24. The Balaban J connectivity index is 1.43.